The Hall–Kier alpha value is -5.04. The third-order valence-electron chi connectivity index (χ3n) is 8.36. The van der Waals surface area contributed by atoms with Crippen LogP contribution in [0, 0.1) is 12.7 Å². The van der Waals surface area contributed by atoms with Crippen molar-refractivity contribution in [2.45, 2.75) is 50.0 Å². The number of aliphatic hydroxyl groups is 1. The van der Waals surface area contributed by atoms with E-state index in [1.807, 2.05) is 19.1 Å². The van der Waals surface area contributed by atoms with Crippen LogP contribution in [0.5, 0.6) is 11.5 Å². The number of primary amides is 1. The van der Waals surface area contributed by atoms with E-state index >= 15 is 0 Å². The first-order valence-corrected chi connectivity index (χ1v) is 14.8. The second-order valence-electron chi connectivity index (χ2n) is 12.0. The third-order valence-corrected chi connectivity index (χ3v) is 8.36. The van der Waals surface area contributed by atoms with Crippen molar-refractivity contribution >= 4 is 11.8 Å². The fraction of sp³-hybridized carbons (Fsp3) is 0.294. The fourth-order valence-electron chi connectivity index (χ4n) is 5.28. The lowest BCUT2D eigenvalue weighted by Crippen LogP contribution is -2.51. The van der Waals surface area contributed by atoms with E-state index in [4.69, 9.17) is 15.2 Å². The van der Waals surface area contributed by atoms with Gasteiger partial charge in [-0.05, 0) is 87.4 Å². The van der Waals surface area contributed by atoms with E-state index in [9.17, 15) is 32.3 Å². The molecule has 1 aliphatic carbocycles. The summed E-state index contributed by atoms with van der Waals surface area (Å²) >= 11 is 0. The number of nitrogens with zero attached hydrogens (tertiary/aromatic N) is 2. The maximum absolute atomic E-state index is 14.8. The second-order valence-corrected chi connectivity index (χ2v) is 12.0. The number of pyridine rings is 2. The molecule has 4 aromatic rings. The van der Waals surface area contributed by atoms with Crippen molar-refractivity contribution in [2.24, 2.45) is 5.73 Å². The number of halogens is 4. The topological polar surface area (TPSA) is 137 Å². The van der Waals surface area contributed by atoms with Crippen LogP contribution in [-0.4, -0.2) is 52.3 Å². The summed E-state index contributed by atoms with van der Waals surface area (Å²) in [5.41, 5.74) is 1.33. The Morgan fingerprint density at radius 3 is 2.45 bits per heavy atom. The predicted octanol–water partition coefficient (Wildman–Crippen LogP) is 5.11. The Kier molecular flexibility index (Phi) is 7.91. The number of ether oxygens (including phenoxy) is 2. The molecular weight excluding hydrogens is 620 g/mol. The van der Waals surface area contributed by atoms with Crippen molar-refractivity contribution in [1.29, 1.82) is 0 Å². The number of aryl methyl sites for hydroxylation is 1. The monoisotopic (exact) mass is 650 g/mol. The first kappa shape index (κ1) is 31.9. The quantitative estimate of drug-likeness (QED) is 0.214. The Morgan fingerprint density at radius 1 is 1.09 bits per heavy atom. The van der Waals surface area contributed by atoms with E-state index in [0.29, 0.717) is 17.0 Å². The van der Waals surface area contributed by atoms with Gasteiger partial charge in [-0.25, -0.2) is 9.37 Å². The summed E-state index contributed by atoms with van der Waals surface area (Å²) in [6.07, 6.45) is -3.76. The number of rotatable bonds is 9. The molecule has 6 rings (SSSR count). The van der Waals surface area contributed by atoms with Gasteiger partial charge in [0.15, 0.2) is 0 Å². The Labute approximate surface area is 266 Å². The summed E-state index contributed by atoms with van der Waals surface area (Å²) in [6.45, 7) is 1.59. The van der Waals surface area contributed by atoms with E-state index in [-0.39, 0.29) is 40.8 Å². The van der Waals surface area contributed by atoms with Gasteiger partial charge in [0.05, 0.1) is 24.0 Å². The molecule has 13 heteroatoms. The Morgan fingerprint density at radius 2 is 1.81 bits per heavy atom. The highest BCUT2D eigenvalue weighted by atomic mass is 19.4. The van der Waals surface area contributed by atoms with Gasteiger partial charge in [0.25, 0.3) is 5.91 Å². The second kappa shape index (κ2) is 11.6. The lowest BCUT2D eigenvalue weighted by molar-refractivity contribution is -0.265. The van der Waals surface area contributed by atoms with Crippen LogP contribution in [-0.2, 0) is 15.8 Å². The van der Waals surface area contributed by atoms with Crippen LogP contribution in [0.3, 0.4) is 0 Å². The summed E-state index contributed by atoms with van der Waals surface area (Å²) in [6, 6.07) is 15.5. The molecule has 1 saturated carbocycles. The number of hydrogen-bond acceptors (Lipinski definition) is 7. The minimum atomic E-state index is -5.36. The van der Waals surface area contributed by atoms with Crippen LogP contribution in [0.4, 0.5) is 17.6 Å². The fourth-order valence-corrected chi connectivity index (χ4v) is 5.28. The van der Waals surface area contributed by atoms with Crippen LogP contribution in [0.1, 0.15) is 47.1 Å². The smallest absolute Gasteiger partial charge is 0.424 e. The molecule has 2 aromatic heterocycles. The number of benzene rings is 2. The molecular formula is C34H30F4N4O5. The molecule has 2 aliphatic rings. The predicted molar refractivity (Wildman–Crippen MR) is 162 cm³/mol. The van der Waals surface area contributed by atoms with Gasteiger partial charge in [0.1, 0.15) is 35.0 Å². The number of carbonyl (C=O) groups excluding carboxylic acids is 2. The molecule has 9 nitrogen and oxygen atoms in total. The Balaban J connectivity index is 1.37. The van der Waals surface area contributed by atoms with E-state index in [1.54, 1.807) is 12.1 Å². The van der Waals surface area contributed by atoms with E-state index in [1.165, 1.54) is 31.2 Å². The zero-order valence-corrected chi connectivity index (χ0v) is 25.3. The molecule has 3 heterocycles. The summed E-state index contributed by atoms with van der Waals surface area (Å²) in [5, 5.41) is 13.5. The van der Waals surface area contributed by atoms with Gasteiger partial charge >= 0.3 is 6.18 Å². The van der Waals surface area contributed by atoms with Gasteiger partial charge in [-0.15, -0.1) is 0 Å². The molecule has 1 aliphatic heterocycles. The van der Waals surface area contributed by atoms with Crippen LogP contribution < -0.4 is 20.5 Å². The molecule has 1 unspecified atom stereocenters. The maximum Gasteiger partial charge on any atom is 0.424 e. The lowest BCUT2D eigenvalue weighted by Gasteiger charge is -2.31. The van der Waals surface area contributed by atoms with Crippen LogP contribution in [0.2, 0.25) is 0 Å². The molecule has 4 N–H and O–H groups in total. The number of aromatic nitrogens is 2. The summed E-state index contributed by atoms with van der Waals surface area (Å²) in [7, 11) is 0. The number of carbonyl (C=O) groups is 2. The maximum atomic E-state index is 14.8. The van der Waals surface area contributed by atoms with Crippen molar-refractivity contribution in [3.8, 4) is 34.0 Å². The van der Waals surface area contributed by atoms with Crippen LogP contribution in [0.15, 0.2) is 66.7 Å². The molecule has 2 aromatic carbocycles. The summed E-state index contributed by atoms with van der Waals surface area (Å²) in [5.74, 6) is -2.08. The molecule has 1 fully saturated rings. The van der Waals surface area contributed by atoms with E-state index in [2.05, 4.69) is 15.3 Å². The molecule has 0 saturated heterocycles. The first-order chi connectivity index (χ1) is 22.2. The Bertz CT molecular complexity index is 1880. The van der Waals surface area contributed by atoms with Gasteiger partial charge in [-0.1, -0.05) is 6.07 Å². The highest BCUT2D eigenvalue weighted by molar-refractivity contribution is 5.95. The first-order valence-electron chi connectivity index (χ1n) is 14.8. The van der Waals surface area contributed by atoms with Crippen molar-refractivity contribution in [3.63, 3.8) is 0 Å². The van der Waals surface area contributed by atoms with Crippen LogP contribution >= 0.6 is 0 Å². The van der Waals surface area contributed by atoms with E-state index < -0.39 is 47.1 Å². The zero-order chi connectivity index (χ0) is 33.7. The minimum Gasteiger partial charge on any atom is -0.490 e. The van der Waals surface area contributed by atoms with Crippen molar-refractivity contribution in [2.75, 3.05) is 13.2 Å². The number of alkyl halides is 3. The summed E-state index contributed by atoms with van der Waals surface area (Å²) in [4.78, 5) is 34.4. The number of hydrogen-bond donors (Lipinski definition) is 3. The van der Waals surface area contributed by atoms with Crippen molar-refractivity contribution in [1.82, 2.24) is 15.3 Å². The van der Waals surface area contributed by atoms with Gasteiger partial charge in [0, 0.05) is 27.9 Å². The van der Waals surface area contributed by atoms with Gasteiger partial charge < -0.3 is 25.6 Å². The molecule has 0 bridgehead atoms. The number of amides is 2. The molecule has 47 heavy (non-hydrogen) atoms. The summed E-state index contributed by atoms with van der Waals surface area (Å²) < 4.78 is 69.8. The number of nitrogens with two attached hydrogens (primary N) is 1. The average molecular weight is 651 g/mol. The molecule has 0 spiro atoms. The van der Waals surface area contributed by atoms with Gasteiger partial charge in [0.2, 0.25) is 11.5 Å². The molecule has 244 valence electrons. The van der Waals surface area contributed by atoms with Crippen LogP contribution in [0.25, 0.3) is 22.5 Å². The highest BCUT2D eigenvalue weighted by Gasteiger charge is 2.57. The highest BCUT2D eigenvalue weighted by Crippen LogP contribution is 2.48. The largest absolute Gasteiger partial charge is 0.490 e. The van der Waals surface area contributed by atoms with Crippen molar-refractivity contribution < 1.29 is 41.7 Å². The van der Waals surface area contributed by atoms with E-state index in [0.717, 1.165) is 36.7 Å². The third kappa shape index (κ3) is 5.98. The SMILES string of the molecule is Cc1cccc(-c2ccc(C(=O)NCC(O)(c3cc4c(c(-c5ccc(F)cc5)n3)OC[C@]4(C)C(N)=O)C(F)(F)F)cc2OC2CC2)n1. The van der Waals surface area contributed by atoms with Crippen molar-refractivity contribution in [3.05, 3.63) is 95.1 Å². The molecule has 2 amide bonds. The molecule has 0 radical (unpaired) electrons. The zero-order valence-electron chi connectivity index (χ0n) is 25.3. The average Bonchev–Trinajstić information content (AvgIpc) is 3.78. The normalized spacial score (nSPS) is 18.5. The number of fused-ring (bicyclic) bond motifs is 1. The number of nitrogens with one attached hydrogen (secondary N) is 1. The molecule has 2 atom stereocenters. The van der Waals surface area contributed by atoms with Gasteiger partial charge in [-0.3, -0.25) is 14.6 Å². The van der Waals surface area contributed by atoms with Gasteiger partial charge in [-0.2, -0.15) is 13.2 Å². The lowest BCUT2D eigenvalue weighted by atomic mass is 9.81. The standard InChI is InChI=1S/C34H30F4N4O5/c1-18-4-3-5-25(41-18)23-13-8-20(14-26(23)47-22-11-12-22)30(43)40-16-33(45,34(36,37)38)27-15-24-29(46-17-32(24,2)31(39)44)28(42-27)19-6-9-21(35)10-7-19/h3-10,13-15,22,45H,11-12,16-17H2,1-2H3,(H2,39,44)(H,40,43)/t32-,33?/m0/s1. The minimum absolute atomic E-state index is 0.00908.